The summed E-state index contributed by atoms with van der Waals surface area (Å²) in [6, 6.07) is 12.0. The molecule has 1 aliphatic heterocycles. The van der Waals surface area contributed by atoms with Crippen LogP contribution in [0.25, 0.3) is 0 Å². The third-order valence-corrected chi connectivity index (χ3v) is 4.65. The van der Waals surface area contributed by atoms with Crippen molar-refractivity contribution in [2.75, 3.05) is 39.9 Å². The molecular formula is C19H25ClN4O2. The monoisotopic (exact) mass is 376 g/mol. The average molecular weight is 377 g/mol. The minimum absolute atomic E-state index is 0.194. The van der Waals surface area contributed by atoms with Crippen molar-refractivity contribution in [3.05, 3.63) is 59.0 Å². The number of benzene rings is 1. The van der Waals surface area contributed by atoms with Crippen molar-refractivity contribution in [3.8, 4) is 0 Å². The molecule has 0 radical (unpaired) electrons. The summed E-state index contributed by atoms with van der Waals surface area (Å²) in [5.74, 6) is 1.61. The molecule has 2 N–H and O–H groups in total. The van der Waals surface area contributed by atoms with Gasteiger partial charge in [0.25, 0.3) is 0 Å². The summed E-state index contributed by atoms with van der Waals surface area (Å²) >= 11 is 6.21. The number of halogens is 1. The molecule has 0 spiro atoms. The zero-order valence-electron chi connectivity index (χ0n) is 15.0. The molecule has 2 heterocycles. The molecule has 1 fully saturated rings. The molecule has 1 aliphatic rings. The predicted molar refractivity (Wildman–Crippen MR) is 103 cm³/mol. The van der Waals surface area contributed by atoms with Gasteiger partial charge in [-0.1, -0.05) is 23.7 Å². The lowest BCUT2D eigenvalue weighted by Crippen LogP contribution is -2.46. The fraction of sp³-hybridized carbons (Fsp3) is 0.421. The lowest BCUT2D eigenvalue weighted by molar-refractivity contribution is 0.0170. The highest BCUT2D eigenvalue weighted by Crippen LogP contribution is 2.23. The first-order chi connectivity index (χ1) is 12.8. The maximum atomic E-state index is 6.21. The van der Waals surface area contributed by atoms with Crippen molar-refractivity contribution in [1.29, 1.82) is 0 Å². The fourth-order valence-electron chi connectivity index (χ4n) is 3.06. The van der Waals surface area contributed by atoms with E-state index in [1.807, 2.05) is 30.3 Å². The van der Waals surface area contributed by atoms with Crippen LogP contribution in [0.2, 0.25) is 5.02 Å². The SMILES string of the molecule is CN=C(NCc1ccco1)NCC(c1cccc(Cl)c1)N1CCOCC1. The first-order valence-electron chi connectivity index (χ1n) is 8.80. The van der Waals surface area contributed by atoms with Crippen LogP contribution in [0.5, 0.6) is 0 Å². The Morgan fingerprint density at radius 3 is 2.77 bits per heavy atom. The van der Waals surface area contributed by atoms with Crippen LogP contribution in [-0.2, 0) is 11.3 Å². The minimum Gasteiger partial charge on any atom is -0.467 e. The van der Waals surface area contributed by atoms with Gasteiger partial charge in [-0.2, -0.15) is 0 Å². The summed E-state index contributed by atoms with van der Waals surface area (Å²) in [5.41, 5.74) is 1.19. The highest BCUT2D eigenvalue weighted by Gasteiger charge is 2.23. The minimum atomic E-state index is 0.194. The number of aliphatic imine (C=N–C) groups is 1. The Hall–Kier alpha value is -2.02. The lowest BCUT2D eigenvalue weighted by Gasteiger charge is -2.35. The number of nitrogens with zero attached hydrogens (tertiary/aromatic N) is 2. The zero-order chi connectivity index (χ0) is 18.2. The number of furan rings is 1. The molecule has 0 amide bonds. The third-order valence-electron chi connectivity index (χ3n) is 4.42. The number of hydrogen-bond acceptors (Lipinski definition) is 4. The number of nitrogens with one attached hydrogen (secondary N) is 2. The Kier molecular flexibility index (Phi) is 6.94. The van der Waals surface area contributed by atoms with Gasteiger partial charge >= 0.3 is 0 Å². The first kappa shape index (κ1) is 18.8. The van der Waals surface area contributed by atoms with Crippen molar-refractivity contribution in [3.63, 3.8) is 0 Å². The van der Waals surface area contributed by atoms with Crippen LogP contribution in [0.15, 0.2) is 52.1 Å². The molecule has 6 nitrogen and oxygen atoms in total. The van der Waals surface area contributed by atoms with E-state index in [9.17, 15) is 0 Å². The third kappa shape index (κ3) is 5.24. The largest absolute Gasteiger partial charge is 0.467 e. The number of rotatable bonds is 6. The maximum Gasteiger partial charge on any atom is 0.191 e. The molecule has 1 aromatic heterocycles. The van der Waals surface area contributed by atoms with Crippen molar-refractivity contribution in [2.24, 2.45) is 4.99 Å². The molecule has 0 bridgehead atoms. The Morgan fingerprint density at radius 2 is 2.08 bits per heavy atom. The van der Waals surface area contributed by atoms with Gasteiger partial charge in [-0.3, -0.25) is 9.89 Å². The lowest BCUT2D eigenvalue weighted by atomic mass is 10.0. The van der Waals surface area contributed by atoms with E-state index in [2.05, 4.69) is 26.6 Å². The molecule has 1 unspecified atom stereocenters. The summed E-state index contributed by atoms with van der Waals surface area (Å²) < 4.78 is 10.9. The van der Waals surface area contributed by atoms with Crippen LogP contribution in [0.4, 0.5) is 0 Å². The van der Waals surface area contributed by atoms with Crippen LogP contribution in [0.1, 0.15) is 17.4 Å². The van der Waals surface area contributed by atoms with E-state index in [1.165, 1.54) is 5.56 Å². The molecule has 0 aliphatic carbocycles. The maximum absolute atomic E-state index is 6.21. The molecule has 26 heavy (non-hydrogen) atoms. The predicted octanol–water partition coefficient (Wildman–Crippen LogP) is 2.67. The van der Waals surface area contributed by atoms with Gasteiger partial charge < -0.3 is 19.8 Å². The molecule has 0 saturated carbocycles. The molecular weight excluding hydrogens is 352 g/mol. The van der Waals surface area contributed by atoms with Crippen LogP contribution >= 0.6 is 11.6 Å². The van der Waals surface area contributed by atoms with Crippen molar-refractivity contribution < 1.29 is 9.15 Å². The van der Waals surface area contributed by atoms with Crippen molar-refractivity contribution >= 4 is 17.6 Å². The molecule has 1 atom stereocenters. The van der Waals surface area contributed by atoms with E-state index in [1.54, 1.807) is 13.3 Å². The second kappa shape index (κ2) is 9.62. The number of hydrogen-bond donors (Lipinski definition) is 2. The van der Waals surface area contributed by atoms with Gasteiger partial charge in [-0.05, 0) is 29.8 Å². The van der Waals surface area contributed by atoms with E-state index in [0.29, 0.717) is 6.54 Å². The van der Waals surface area contributed by atoms with Crippen LogP contribution in [0.3, 0.4) is 0 Å². The summed E-state index contributed by atoms with van der Waals surface area (Å²) in [5, 5.41) is 7.44. The van der Waals surface area contributed by atoms with Gasteiger partial charge in [0.15, 0.2) is 5.96 Å². The van der Waals surface area contributed by atoms with E-state index in [4.69, 9.17) is 20.8 Å². The van der Waals surface area contributed by atoms with E-state index < -0.39 is 0 Å². The fourth-order valence-corrected chi connectivity index (χ4v) is 3.26. The van der Waals surface area contributed by atoms with E-state index in [0.717, 1.165) is 49.6 Å². The summed E-state index contributed by atoms with van der Waals surface area (Å²) in [6.07, 6.45) is 1.67. The van der Waals surface area contributed by atoms with Crippen molar-refractivity contribution in [2.45, 2.75) is 12.6 Å². The highest BCUT2D eigenvalue weighted by molar-refractivity contribution is 6.30. The normalized spacial score (nSPS) is 17.1. The Morgan fingerprint density at radius 1 is 1.23 bits per heavy atom. The van der Waals surface area contributed by atoms with Crippen LogP contribution in [-0.4, -0.2) is 50.8 Å². The Labute approximate surface area is 159 Å². The number of guanidine groups is 1. The van der Waals surface area contributed by atoms with Gasteiger partial charge in [0.2, 0.25) is 0 Å². The van der Waals surface area contributed by atoms with Crippen molar-refractivity contribution in [1.82, 2.24) is 15.5 Å². The Bertz CT molecular complexity index is 699. The topological polar surface area (TPSA) is 62.0 Å². The van der Waals surface area contributed by atoms with Gasteiger partial charge in [-0.25, -0.2) is 0 Å². The van der Waals surface area contributed by atoms with E-state index >= 15 is 0 Å². The average Bonchev–Trinajstić information content (AvgIpc) is 3.19. The second-order valence-electron chi connectivity index (χ2n) is 6.11. The zero-order valence-corrected chi connectivity index (χ0v) is 15.7. The van der Waals surface area contributed by atoms with Crippen LogP contribution in [0, 0.1) is 0 Å². The molecule has 1 saturated heterocycles. The summed E-state index contributed by atoms with van der Waals surface area (Å²) in [4.78, 5) is 6.72. The van der Waals surface area contributed by atoms with Crippen LogP contribution < -0.4 is 10.6 Å². The molecule has 140 valence electrons. The van der Waals surface area contributed by atoms with Gasteiger partial charge in [0, 0.05) is 31.7 Å². The summed E-state index contributed by atoms with van der Waals surface area (Å²) in [6.45, 7) is 4.61. The van der Waals surface area contributed by atoms with Gasteiger partial charge in [0.05, 0.1) is 32.1 Å². The quantitative estimate of drug-likeness (QED) is 0.599. The molecule has 2 aromatic rings. The molecule has 1 aromatic carbocycles. The number of ether oxygens (including phenoxy) is 1. The first-order valence-corrected chi connectivity index (χ1v) is 9.18. The Balaban J connectivity index is 1.64. The van der Waals surface area contributed by atoms with Gasteiger partial charge in [0.1, 0.15) is 5.76 Å². The summed E-state index contributed by atoms with van der Waals surface area (Å²) in [7, 11) is 1.76. The van der Waals surface area contributed by atoms with E-state index in [-0.39, 0.29) is 6.04 Å². The standard InChI is InChI=1S/C19H25ClN4O2/c1-21-19(22-13-17-6-3-9-26-17)23-14-18(24-7-10-25-11-8-24)15-4-2-5-16(20)12-15/h2-6,9,12,18H,7-8,10-11,13-14H2,1H3,(H2,21,22,23). The number of morpholine rings is 1. The van der Waals surface area contributed by atoms with Gasteiger partial charge in [-0.15, -0.1) is 0 Å². The smallest absolute Gasteiger partial charge is 0.191 e. The highest BCUT2D eigenvalue weighted by atomic mass is 35.5. The molecule has 3 rings (SSSR count). The second-order valence-corrected chi connectivity index (χ2v) is 6.54. The molecule has 7 heteroatoms.